The molecule has 0 aliphatic heterocycles. The molecule has 10 heavy (non-hydrogen) atoms. The Morgan fingerprint density at radius 1 is 1.50 bits per heavy atom. The first-order valence-corrected chi connectivity index (χ1v) is 3.61. The van der Waals surface area contributed by atoms with Crippen LogP contribution >= 0.6 is 0 Å². The molecule has 0 N–H and O–H groups in total. The Bertz CT molecular complexity index is 67.7. The van der Waals surface area contributed by atoms with Crippen LogP contribution < -0.4 is 0 Å². The number of hydrogen-bond acceptors (Lipinski definition) is 2. The SMILES string of the molecule is CCOC(C)=O.[CH2]CCC. The van der Waals surface area contributed by atoms with E-state index in [1.165, 1.54) is 13.3 Å². The van der Waals surface area contributed by atoms with Crippen LogP contribution in [0.3, 0.4) is 0 Å². The van der Waals surface area contributed by atoms with Crippen molar-refractivity contribution in [2.24, 2.45) is 0 Å². The lowest BCUT2D eigenvalue weighted by molar-refractivity contribution is -0.140. The number of esters is 1. The van der Waals surface area contributed by atoms with E-state index in [1.807, 2.05) is 0 Å². The molecule has 0 aromatic rings. The number of ether oxygens (including phenoxy) is 1. The van der Waals surface area contributed by atoms with E-state index in [-0.39, 0.29) is 5.97 Å². The van der Waals surface area contributed by atoms with Gasteiger partial charge in [-0.3, -0.25) is 4.79 Å². The first kappa shape index (κ1) is 12.2. The van der Waals surface area contributed by atoms with Crippen LogP contribution in [0.15, 0.2) is 0 Å². The number of carbonyl (C=O) groups is 1. The Morgan fingerprint density at radius 2 is 1.90 bits per heavy atom. The minimum absolute atomic E-state index is 0.211. The van der Waals surface area contributed by atoms with Crippen LogP contribution in [-0.4, -0.2) is 12.6 Å². The van der Waals surface area contributed by atoms with Gasteiger partial charge < -0.3 is 4.74 Å². The third-order valence-corrected chi connectivity index (χ3v) is 0.701. The summed E-state index contributed by atoms with van der Waals surface area (Å²) >= 11 is 0. The van der Waals surface area contributed by atoms with Crippen LogP contribution in [0.2, 0.25) is 0 Å². The fraction of sp³-hybridized carbons (Fsp3) is 0.750. The molecule has 0 saturated carbocycles. The Kier molecular flexibility index (Phi) is 13.7. The minimum Gasteiger partial charge on any atom is -0.466 e. The smallest absolute Gasteiger partial charge is 0.302 e. The van der Waals surface area contributed by atoms with Crippen molar-refractivity contribution in [3.8, 4) is 0 Å². The quantitative estimate of drug-likeness (QED) is 0.557. The maximum Gasteiger partial charge on any atom is 0.302 e. The molecular formula is C8H17O2. The Balaban J connectivity index is 0. The van der Waals surface area contributed by atoms with Gasteiger partial charge >= 0.3 is 5.97 Å². The highest BCUT2D eigenvalue weighted by atomic mass is 16.5. The Morgan fingerprint density at radius 3 is 1.90 bits per heavy atom. The summed E-state index contributed by atoms with van der Waals surface area (Å²) in [5.74, 6) is -0.211. The number of unbranched alkanes of at least 4 members (excludes halogenated alkanes) is 1. The van der Waals surface area contributed by atoms with E-state index in [2.05, 4.69) is 18.6 Å². The summed E-state index contributed by atoms with van der Waals surface area (Å²) in [5.41, 5.74) is 0. The molecule has 1 radical (unpaired) electrons. The lowest BCUT2D eigenvalue weighted by Crippen LogP contribution is -1.95. The Labute approximate surface area is 63.6 Å². The van der Waals surface area contributed by atoms with Gasteiger partial charge in [-0.15, -0.1) is 0 Å². The fourth-order valence-corrected chi connectivity index (χ4v) is 0.203. The zero-order valence-electron chi connectivity index (χ0n) is 7.14. The second-order valence-corrected chi connectivity index (χ2v) is 1.78. The topological polar surface area (TPSA) is 26.3 Å². The highest BCUT2D eigenvalue weighted by molar-refractivity contribution is 5.65. The van der Waals surface area contributed by atoms with Crippen LogP contribution in [0, 0.1) is 6.92 Å². The van der Waals surface area contributed by atoms with Gasteiger partial charge in [0.1, 0.15) is 0 Å². The largest absolute Gasteiger partial charge is 0.466 e. The van der Waals surface area contributed by atoms with Gasteiger partial charge in [0.2, 0.25) is 0 Å². The molecule has 2 heteroatoms. The molecule has 0 atom stereocenters. The van der Waals surface area contributed by atoms with Crippen LogP contribution in [0.4, 0.5) is 0 Å². The third-order valence-electron chi connectivity index (χ3n) is 0.701. The van der Waals surface area contributed by atoms with E-state index in [9.17, 15) is 4.79 Å². The highest BCUT2D eigenvalue weighted by Gasteiger charge is 1.81. The van der Waals surface area contributed by atoms with Crippen LogP contribution in [0.25, 0.3) is 0 Å². The first-order valence-electron chi connectivity index (χ1n) is 3.61. The van der Waals surface area contributed by atoms with Crippen molar-refractivity contribution in [2.75, 3.05) is 6.61 Å². The van der Waals surface area contributed by atoms with Crippen LogP contribution in [0.1, 0.15) is 33.6 Å². The maximum absolute atomic E-state index is 9.82. The molecule has 0 aromatic heterocycles. The molecule has 0 amide bonds. The van der Waals surface area contributed by atoms with E-state index in [0.29, 0.717) is 6.61 Å². The van der Waals surface area contributed by atoms with Gasteiger partial charge in [-0.05, 0) is 6.92 Å². The summed E-state index contributed by atoms with van der Waals surface area (Å²) in [5, 5.41) is 0. The van der Waals surface area contributed by atoms with Crippen molar-refractivity contribution in [1.82, 2.24) is 0 Å². The first-order chi connectivity index (χ1) is 4.68. The summed E-state index contributed by atoms with van der Waals surface area (Å²) in [4.78, 5) is 9.82. The van der Waals surface area contributed by atoms with Gasteiger partial charge in [-0.1, -0.05) is 26.7 Å². The summed E-state index contributed by atoms with van der Waals surface area (Å²) in [7, 11) is 0. The molecule has 0 rings (SSSR count). The van der Waals surface area contributed by atoms with Gasteiger partial charge in [-0.2, -0.15) is 0 Å². The molecular weight excluding hydrogens is 128 g/mol. The van der Waals surface area contributed by atoms with Crippen LogP contribution in [0.5, 0.6) is 0 Å². The summed E-state index contributed by atoms with van der Waals surface area (Å²) < 4.78 is 4.40. The molecule has 0 heterocycles. The second-order valence-electron chi connectivity index (χ2n) is 1.78. The van der Waals surface area contributed by atoms with E-state index in [1.54, 1.807) is 6.92 Å². The molecule has 0 aromatic carbocycles. The third kappa shape index (κ3) is 26.0. The summed E-state index contributed by atoms with van der Waals surface area (Å²) in [6, 6.07) is 0. The van der Waals surface area contributed by atoms with E-state index in [0.717, 1.165) is 6.42 Å². The molecule has 0 saturated heterocycles. The number of carbonyl (C=O) groups excluding carboxylic acids is 1. The van der Waals surface area contributed by atoms with E-state index < -0.39 is 0 Å². The molecule has 0 aliphatic carbocycles. The number of hydrogen-bond donors (Lipinski definition) is 0. The van der Waals surface area contributed by atoms with Crippen molar-refractivity contribution >= 4 is 5.97 Å². The standard InChI is InChI=1S/C4H8O2.C4H9/c1-3-6-4(2)5;1-3-4-2/h3H2,1-2H3;1,3-4H2,2H3. The lowest BCUT2D eigenvalue weighted by Gasteiger charge is -1.89. The lowest BCUT2D eigenvalue weighted by atomic mass is 10.4. The Hall–Kier alpha value is -0.530. The van der Waals surface area contributed by atoms with Gasteiger partial charge in [0.05, 0.1) is 6.61 Å². The average Bonchev–Trinajstić information content (AvgIpc) is 1.89. The summed E-state index contributed by atoms with van der Waals surface area (Å²) in [6.07, 6.45) is 2.28. The predicted octanol–water partition coefficient (Wildman–Crippen LogP) is 2.19. The maximum atomic E-state index is 9.82. The van der Waals surface area contributed by atoms with E-state index in [4.69, 9.17) is 0 Å². The van der Waals surface area contributed by atoms with Crippen molar-refractivity contribution in [3.63, 3.8) is 0 Å². The van der Waals surface area contributed by atoms with Gasteiger partial charge in [-0.25, -0.2) is 0 Å². The minimum atomic E-state index is -0.211. The number of rotatable bonds is 2. The zero-order valence-corrected chi connectivity index (χ0v) is 7.14. The summed E-state index contributed by atoms with van der Waals surface area (Å²) in [6.45, 7) is 9.38. The monoisotopic (exact) mass is 145 g/mol. The van der Waals surface area contributed by atoms with Crippen LogP contribution in [-0.2, 0) is 9.53 Å². The molecule has 0 aliphatic rings. The van der Waals surface area contributed by atoms with Gasteiger partial charge in [0.15, 0.2) is 0 Å². The second kappa shape index (κ2) is 11.3. The average molecular weight is 145 g/mol. The molecule has 2 nitrogen and oxygen atoms in total. The normalized spacial score (nSPS) is 7.60. The van der Waals surface area contributed by atoms with Crippen molar-refractivity contribution in [2.45, 2.75) is 33.6 Å². The molecule has 0 spiro atoms. The van der Waals surface area contributed by atoms with Crippen molar-refractivity contribution in [1.29, 1.82) is 0 Å². The predicted molar refractivity (Wildman–Crippen MR) is 42.6 cm³/mol. The molecule has 0 fully saturated rings. The zero-order chi connectivity index (χ0) is 8.41. The highest BCUT2D eigenvalue weighted by Crippen LogP contribution is 1.76. The van der Waals surface area contributed by atoms with Gasteiger partial charge in [0, 0.05) is 6.92 Å². The van der Waals surface area contributed by atoms with Crippen molar-refractivity contribution in [3.05, 3.63) is 6.92 Å². The fourth-order valence-electron chi connectivity index (χ4n) is 0.203. The molecule has 61 valence electrons. The molecule has 0 bridgehead atoms. The van der Waals surface area contributed by atoms with Gasteiger partial charge in [0.25, 0.3) is 0 Å². The van der Waals surface area contributed by atoms with Crippen molar-refractivity contribution < 1.29 is 9.53 Å². The molecule has 0 unspecified atom stereocenters. The van der Waals surface area contributed by atoms with E-state index >= 15 is 0 Å².